The van der Waals surface area contributed by atoms with E-state index >= 15 is 0 Å². The second-order valence-corrected chi connectivity index (χ2v) is 8.01. The third-order valence-electron chi connectivity index (χ3n) is 5.81. The van der Waals surface area contributed by atoms with Gasteiger partial charge in [-0.1, -0.05) is 19.1 Å². The van der Waals surface area contributed by atoms with Crippen molar-refractivity contribution in [2.75, 3.05) is 50.8 Å². The standard InChI is InChI=1S/C23H33N5O/c1-3-9-26-11-13-28(14-12-26)23-24-16-20-18-27(10-8-22(20)25-23)17-19-6-5-7-21(15-19)29-4-2/h5-7,15-16H,3-4,8-14,17-18H2,1-2H3. The first-order valence-electron chi connectivity index (χ1n) is 11.0. The molecule has 2 aliphatic heterocycles. The largest absolute Gasteiger partial charge is 0.494 e. The van der Waals surface area contributed by atoms with Gasteiger partial charge in [0.05, 0.1) is 12.3 Å². The number of anilines is 1. The molecule has 0 amide bonds. The zero-order chi connectivity index (χ0) is 20.1. The number of piperazine rings is 1. The Morgan fingerprint density at radius 3 is 2.69 bits per heavy atom. The van der Waals surface area contributed by atoms with Crippen molar-refractivity contribution >= 4 is 5.95 Å². The maximum atomic E-state index is 5.64. The minimum absolute atomic E-state index is 0.702. The summed E-state index contributed by atoms with van der Waals surface area (Å²) in [4.78, 5) is 17.0. The highest BCUT2D eigenvalue weighted by Gasteiger charge is 2.22. The third kappa shape index (κ3) is 5.06. The van der Waals surface area contributed by atoms with Crippen molar-refractivity contribution in [3.63, 3.8) is 0 Å². The summed E-state index contributed by atoms with van der Waals surface area (Å²) in [6.45, 7) is 13.3. The molecule has 0 radical (unpaired) electrons. The molecule has 156 valence electrons. The summed E-state index contributed by atoms with van der Waals surface area (Å²) in [7, 11) is 0. The van der Waals surface area contributed by atoms with Crippen LogP contribution in [0.25, 0.3) is 0 Å². The highest BCUT2D eigenvalue weighted by atomic mass is 16.5. The number of aromatic nitrogens is 2. The van der Waals surface area contributed by atoms with Gasteiger partial charge in [-0.25, -0.2) is 9.97 Å². The third-order valence-corrected chi connectivity index (χ3v) is 5.81. The normalized spacial score (nSPS) is 17.9. The van der Waals surface area contributed by atoms with Crippen LogP contribution in [0.1, 0.15) is 37.1 Å². The zero-order valence-corrected chi connectivity index (χ0v) is 17.8. The van der Waals surface area contributed by atoms with Crippen LogP contribution in [0.15, 0.2) is 30.5 Å². The van der Waals surface area contributed by atoms with E-state index in [0.717, 1.165) is 63.9 Å². The Hall–Kier alpha value is -2.18. The van der Waals surface area contributed by atoms with Crippen molar-refractivity contribution in [3.05, 3.63) is 47.3 Å². The van der Waals surface area contributed by atoms with Crippen LogP contribution in [0.2, 0.25) is 0 Å². The van der Waals surface area contributed by atoms with Crippen LogP contribution < -0.4 is 9.64 Å². The summed E-state index contributed by atoms with van der Waals surface area (Å²) in [5.74, 6) is 1.87. The number of hydrogen-bond donors (Lipinski definition) is 0. The van der Waals surface area contributed by atoms with E-state index in [0.29, 0.717) is 6.61 Å². The van der Waals surface area contributed by atoms with Gasteiger partial charge in [0, 0.05) is 64.0 Å². The summed E-state index contributed by atoms with van der Waals surface area (Å²) in [6.07, 6.45) is 4.27. The summed E-state index contributed by atoms with van der Waals surface area (Å²) in [5.41, 5.74) is 3.79. The molecule has 2 aliphatic rings. The molecule has 0 spiro atoms. The molecule has 3 heterocycles. The SMILES string of the molecule is CCCN1CCN(c2ncc3c(n2)CCN(Cc2cccc(OCC)c2)C3)CC1. The fraction of sp³-hybridized carbons (Fsp3) is 0.565. The zero-order valence-electron chi connectivity index (χ0n) is 17.8. The van der Waals surface area contributed by atoms with Crippen LogP contribution in [-0.2, 0) is 19.5 Å². The lowest BCUT2D eigenvalue weighted by atomic mass is 10.1. The Morgan fingerprint density at radius 2 is 1.90 bits per heavy atom. The van der Waals surface area contributed by atoms with Crippen LogP contribution in [0.5, 0.6) is 5.75 Å². The molecule has 1 saturated heterocycles. The van der Waals surface area contributed by atoms with Crippen LogP contribution >= 0.6 is 0 Å². The van der Waals surface area contributed by atoms with Crippen LogP contribution in [-0.4, -0.2) is 65.6 Å². The van der Waals surface area contributed by atoms with E-state index < -0.39 is 0 Å². The lowest BCUT2D eigenvalue weighted by Crippen LogP contribution is -2.47. The fourth-order valence-corrected chi connectivity index (χ4v) is 4.30. The fourth-order valence-electron chi connectivity index (χ4n) is 4.30. The molecule has 0 N–H and O–H groups in total. The van der Waals surface area contributed by atoms with Crippen molar-refractivity contribution in [1.29, 1.82) is 0 Å². The van der Waals surface area contributed by atoms with E-state index in [4.69, 9.17) is 14.7 Å². The summed E-state index contributed by atoms with van der Waals surface area (Å²) in [5, 5.41) is 0. The molecule has 0 saturated carbocycles. The quantitative estimate of drug-likeness (QED) is 0.718. The first kappa shape index (κ1) is 20.1. The smallest absolute Gasteiger partial charge is 0.225 e. The lowest BCUT2D eigenvalue weighted by Gasteiger charge is -2.35. The predicted octanol–water partition coefficient (Wildman–Crippen LogP) is 2.97. The predicted molar refractivity (Wildman–Crippen MR) is 116 cm³/mol. The van der Waals surface area contributed by atoms with Gasteiger partial charge in [-0.05, 0) is 37.6 Å². The second kappa shape index (κ2) is 9.55. The van der Waals surface area contributed by atoms with Crippen molar-refractivity contribution in [2.45, 2.75) is 39.8 Å². The molecular weight excluding hydrogens is 362 g/mol. The van der Waals surface area contributed by atoms with Gasteiger partial charge in [-0.2, -0.15) is 0 Å². The van der Waals surface area contributed by atoms with E-state index in [1.165, 1.54) is 29.8 Å². The number of rotatable bonds is 7. The molecule has 6 heteroatoms. The average molecular weight is 396 g/mol. The van der Waals surface area contributed by atoms with Gasteiger partial charge in [-0.15, -0.1) is 0 Å². The minimum atomic E-state index is 0.702. The first-order valence-corrected chi connectivity index (χ1v) is 11.0. The van der Waals surface area contributed by atoms with Gasteiger partial charge in [0.1, 0.15) is 5.75 Å². The molecule has 1 aromatic heterocycles. The molecule has 0 bridgehead atoms. The number of benzene rings is 1. The van der Waals surface area contributed by atoms with Gasteiger partial charge in [0.15, 0.2) is 0 Å². The van der Waals surface area contributed by atoms with E-state index in [9.17, 15) is 0 Å². The van der Waals surface area contributed by atoms with Crippen molar-refractivity contribution in [1.82, 2.24) is 19.8 Å². The Morgan fingerprint density at radius 1 is 1.03 bits per heavy atom. The number of ether oxygens (including phenoxy) is 1. The first-order chi connectivity index (χ1) is 14.2. The van der Waals surface area contributed by atoms with Crippen molar-refractivity contribution in [2.24, 2.45) is 0 Å². The summed E-state index contributed by atoms with van der Waals surface area (Å²) < 4.78 is 5.64. The van der Waals surface area contributed by atoms with Crippen molar-refractivity contribution in [3.8, 4) is 5.75 Å². The molecule has 1 aromatic carbocycles. The summed E-state index contributed by atoms with van der Waals surface area (Å²) >= 11 is 0. The molecule has 4 rings (SSSR count). The highest BCUT2D eigenvalue weighted by Crippen LogP contribution is 2.22. The summed E-state index contributed by atoms with van der Waals surface area (Å²) in [6, 6.07) is 8.43. The Labute approximate surface area is 174 Å². The maximum Gasteiger partial charge on any atom is 0.225 e. The van der Waals surface area contributed by atoms with Gasteiger partial charge >= 0.3 is 0 Å². The van der Waals surface area contributed by atoms with Gasteiger partial charge in [0.2, 0.25) is 5.95 Å². The van der Waals surface area contributed by atoms with E-state index in [-0.39, 0.29) is 0 Å². The maximum absolute atomic E-state index is 5.64. The molecule has 0 unspecified atom stereocenters. The monoisotopic (exact) mass is 395 g/mol. The van der Waals surface area contributed by atoms with Crippen LogP contribution in [0.4, 0.5) is 5.95 Å². The molecule has 1 fully saturated rings. The number of fused-ring (bicyclic) bond motifs is 1. The van der Waals surface area contributed by atoms with Gasteiger partial charge in [0.25, 0.3) is 0 Å². The number of hydrogen-bond acceptors (Lipinski definition) is 6. The van der Waals surface area contributed by atoms with Crippen LogP contribution in [0, 0.1) is 0 Å². The number of nitrogens with zero attached hydrogens (tertiary/aromatic N) is 5. The van der Waals surface area contributed by atoms with Crippen LogP contribution in [0.3, 0.4) is 0 Å². The minimum Gasteiger partial charge on any atom is -0.494 e. The average Bonchev–Trinajstić information content (AvgIpc) is 2.75. The Kier molecular flexibility index (Phi) is 6.62. The van der Waals surface area contributed by atoms with Gasteiger partial charge < -0.3 is 9.64 Å². The van der Waals surface area contributed by atoms with E-state index in [1.807, 2.05) is 13.0 Å². The molecule has 0 atom stereocenters. The molecule has 0 aliphatic carbocycles. The lowest BCUT2D eigenvalue weighted by molar-refractivity contribution is 0.241. The second-order valence-electron chi connectivity index (χ2n) is 8.01. The van der Waals surface area contributed by atoms with Crippen molar-refractivity contribution < 1.29 is 4.74 Å². The Balaban J connectivity index is 1.36. The topological polar surface area (TPSA) is 44.7 Å². The highest BCUT2D eigenvalue weighted by molar-refractivity contribution is 5.35. The molecule has 6 nitrogen and oxygen atoms in total. The Bertz CT molecular complexity index is 804. The van der Waals surface area contributed by atoms with E-state index in [2.05, 4.69) is 46.0 Å². The molecule has 2 aromatic rings. The van der Waals surface area contributed by atoms with E-state index in [1.54, 1.807) is 0 Å². The van der Waals surface area contributed by atoms with Gasteiger partial charge in [-0.3, -0.25) is 9.80 Å². The molecule has 29 heavy (non-hydrogen) atoms. The molecular formula is C23H33N5O.